The minimum Gasteiger partial charge on any atom is -0.508 e. The number of hydrogen-bond acceptors (Lipinski definition) is 3. The molecule has 1 saturated heterocycles. The van der Waals surface area contributed by atoms with Crippen molar-refractivity contribution in [3.63, 3.8) is 0 Å². The van der Waals surface area contributed by atoms with E-state index in [0.717, 1.165) is 18.4 Å². The van der Waals surface area contributed by atoms with E-state index in [1.165, 1.54) is 0 Å². The molecule has 17 heavy (non-hydrogen) atoms. The van der Waals surface area contributed by atoms with Gasteiger partial charge in [0.2, 0.25) is 0 Å². The van der Waals surface area contributed by atoms with E-state index in [0.29, 0.717) is 23.7 Å². The van der Waals surface area contributed by atoms with Gasteiger partial charge in [0, 0.05) is 5.56 Å². The smallest absolute Gasteiger partial charge is 0.121 e. The molecule has 94 valence electrons. The monoisotopic (exact) mass is 236 g/mol. The maximum absolute atomic E-state index is 9.49. The molecule has 0 aromatic heterocycles. The zero-order chi connectivity index (χ0) is 12.4. The van der Waals surface area contributed by atoms with E-state index < -0.39 is 0 Å². The highest BCUT2D eigenvalue weighted by molar-refractivity contribution is 5.35. The zero-order valence-corrected chi connectivity index (χ0v) is 10.4. The average molecular weight is 236 g/mol. The van der Waals surface area contributed by atoms with Crippen molar-refractivity contribution in [1.82, 2.24) is 0 Å². The Labute approximate surface area is 102 Å². The summed E-state index contributed by atoms with van der Waals surface area (Å²) in [7, 11) is 0. The first-order valence-electron chi connectivity index (χ1n) is 6.22. The molecule has 0 aliphatic carbocycles. The standard InChI is InChI=1S/C14H20O3/c1-3-13-14(17-13)9(2)6-10-4-5-12(16)11(7-10)8-15/h4-5,7,9,13-16H,3,6,8H2,1-2H3. The second-order valence-electron chi connectivity index (χ2n) is 4.85. The fourth-order valence-corrected chi connectivity index (χ4v) is 2.37. The normalized spacial score (nSPS) is 24.6. The topological polar surface area (TPSA) is 53.0 Å². The Morgan fingerprint density at radius 3 is 2.76 bits per heavy atom. The highest BCUT2D eigenvalue weighted by atomic mass is 16.6. The second kappa shape index (κ2) is 5.07. The molecule has 1 aliphatic heterocycles. The summed E-state index contributed by atoms with van der Waals surface area (Å²) < 4.78 is 5.58. The first-order valence-corrected chi connectivity index (χ1v) is 6.22. The highest BCUT2D eigenvalue weighted by Gasteiger charge is 2.40. The Morgan fingerprint density at radius 2 is 2.18 bits per heavy atom. The fraction of sp³-hybridized carbons (Fsp3) is 0.571. The molecular formula is C14H20O3. The summed E-state index contributed by atoms with van der Waals surface area (Å²) in [5.74, 6) is 0.647. The minimum atomic E-state index is -0.119. The van der Waals surface area contributed by atoms with E-state index in [4.69, 9.17) is 9.84 Å². The van der Waals surface area contributed by atoms with Gasteiger partial charge in [-0.05, 0) is 36.5 Å². The molecular weight excluding hydrogens is 216 g/mol. The van der Waals surface area contributed by atoms with Crippen molar-refractivity contribution in [2.75, 3.05) is 0 Å². The number of hydrogen-bond donors (Lipinski definition) is 2. The van der Waals surface area contributed by atoms with Crippen molar-refractivity contribution in [2.24, 2.45) is 5.92 Å². The van der Waals surface area contributed by atoms with Crippen LogP contribution < -0.4 is 0 Å². The quantitative estimate of drug-likeness (QED) is 0.771. The Bertz CT molecular complexity index is 389. The van der Waals surface area contributed by atoms with Crippen LogP contribution in [0.15, 0.2) is 18.2 Å². The van der Waals surface area contributed by atoms with E-state index in [9.17, 15) is 5.11 Å². The van der Waals surface area contributed by atoms with Crippen LogP contribution in [0.3, 0.4) is 0 Å². The number of ether oxygens (including phenoxy) is 1. The van der Waals surface area contributed by atoms with Gasteiger partial charge in [0.15, 0.2) is 0 Å². The third-order valence-corrected chi connectivity index (χ3v) is 3.46. The maximum Gasteiger partial charge on any atom is 0.121 e. The predicted octanol–water partition coefficient (Wildman–Crippen LogP) is 2.24. The molecule has 1 aliphatic rings. The molecule has 3 atom stereocenters. The van der Waals surface area contributed by atoms with Crippen LogP contribution in [-0.4, -0.2) is 22.4 Å². The van der Waals surface area contributed by atoms with Gasteiger partial charge in [-0.25, -0.2) is 0 Å². The Morgan fingerprint density at radius 1 is 1.41 bits per heavy atom. The van der Waals surface area contributed by atoms with Crippen LogP contribution in [0.5, 0.6) is 5.75 Å². The zero-order valence-electron chi connectivity index (χ0n) is 10.4. The largest absolute Gasteiger partial charge is 0.508 e. The number of epoxide rings is 1. The SMILES string of the molecule is CCC1OC1C(C)Cc1ccc(O)c(CO)c1. The summed E-state index contributed by atoms with van der Waals surface area (Å²) in [6, 6.07) is 5.43. The van der Waals surface area contributed by atoms with Crippen molar-refractivity contribution in [3.8, 4) is 5.75 Å². The Balaban J connectivity index is 1.99. The van der Waals surface area contributed by atoms with Gasteiger partial charge in [0.05, 0.1) is 18.8 Å². The molecule has 3 unspecified atom stereocenters. The Kier molecular flexibility index (Phi) is 3.69. The van der Waals surface area contributed by atoms with E-state index in [1.807, 2.05) is 12.1 Å². The summed E-state index contributed by atoms with van der Waals surface area (Å²) in [6.07, 6.45) is 2.81. The lowest BCUT2D eigenvalue weighted by molar-refractivity contribution is 0.275. The van der Waals surface area contributed by atoms with E-state index in [2.05, 4.69) is 13.8 Å². The predicted molar refractivity (Wildman–Crippen MR) is 65.8 cm³/mol. The van der Waals surface area contributed by atoms with Crippen molar-refractivity contribution in [3.05, 3.63) is 29.3 Å². The summed E-state index contributed by atoms with van der Waals surface area (Å²) in [5.41, 5.74) is 1.74. The van der Waals surface area contributed by atoms with Crippen LogP contribution >= 0.6 is 0 Å². The van der Waals surface area contributed by atoms with Crippen LogP contribution in [-0.2, 0) is 17.8 Å². The lowest BCUT2D eigenvalue weighted by atomic mass is 9.95. The summed E-state index contributed by atoms with van der Waals surface area (Å²) in [4.78, 5) is 0. The highest BCUT2D eigenvalue weighted by Crippen LogP contribution is 2.33. The molecule has 0 bridgehead atoms. The Hall–Kier alpha value is -1.06. The summed E-state index contributed by atoms with van der Waals surface area (Å²) in [5, 5.41) is 18.6. The van der Waals surface area contributed by atoms with Crippen LogP contribution in [0.2, 0.25) is 0 Å². The molecule has 0 radical (unpaired) electrons. The third-order valence-electron chi connectivity index (χ3n) is 3.46. The van der Waals surface area contributed by atoms with E-state index in [-0.39, 0.29) is 12.4 Å². The fourth-order valence-electron chi connectivity index (χ4n) is 2.37. The van der Waals surface area contributed by atoms with Crippen LogP contribution in [0.1, 0.15) is 31.4 Å². The van der Waals surface area contributed by atoms with E-state index in [1.54, 1.807) is 6.07 Å². The summed E-state index contributed by atoms with van der Waals surface area (Å²) >= 11 is 0. The van der Waals surface area contributed by atoms with Crippen molar-refractivity contribution in [1.29, 1.82) is 0 Å². The van der Waals surface area contributed by atoms with Crippen LogP contribution in [0.25, 0.3) is 0 Å². The molecule has 0 saturated carbocycles. The lowest BCUT2D eigenvalue weighted by Gasteiger charge is -2.10. The molecule has 3 heteroatoms. The minimum absolute atomic E-state index is 0.119. The number of aliphatic hydroxyl groups is 1. The molecule has 2 rings (SSSR count). The lowest BCUT2D eigenvalue weighted by Crippen LogP contribution is -2.10. The number of phenols is 1. The number of benzene rings is 1. The molecule has 3 nitrogen and oxygen atoms in total. The molecule has 1 aromatic rings. The second-order valence-corrected chi connectivity index (χ2v) is 4.85. The van der Waals surface area contributed by atoms with Gasteiger partial charge >= 0.3 is 0 Å². The van der Waals surface area contributed by atoms with Gasteiger partial charge in [0.25, 0.3) is 0 Å². The van der Waals surface area contributed by atoms with E-state index >= 15 is 0 Å². The van der Waals surface area contributed by atoms with Crippen molar-refractivity contribution < 1.29 is 14.9 Å². The van der Waals surface area contributed by atoms with Gasteiger partial charge in [-0.2, -0.15) is 0 Å². The van der Waals surface area contributed by atoms with Crippen molar-refractivity contribution in [2.45, 2.75) is 45.5 Å². The molecule has 2 N–H and O–H groups in total. The first-order chi connectivity index (χ1) is 8.15. The molecule has 0 spiro atoms. The van der Waals surface area contributed by atoms with Gasteiger partial charge in [0.1, 0.15) is 5.75 Å². The number of rotatable bonds is 5. The van der Waals surface area contributed by atoms with Crippen molar-refractivity contribution >= 4 is 0 Å². The van der Waals surface area contributed by atoms with Gasteiger partial charge in [-0.3, -0.25) is 0 Å². The van der Waals surface area contributed by atoms with Gasteiger partial charge < -0.3 is 14.9 Å². The molecule has 1 fully saturated rings. The molecule has 1 heterocycles. The molecule has 1 aromatic carbocycles. The average Bonchev–Trinajstić information content (AvgIpc) is 3.11. The third kappa shape index (κ3) is 2.79. The summed E-state index contributed by atoms with van der Waals surface area (Å²) in [6.45, 7) is 4.21. The maximum atomic E-state index is 9.49. The van der Waals surface area contributed by atoms with Crippen LogP contribution in [0, 0.1) is 5.92 Å². The number of aliphatic hydroxyl groups excluding tert-OH is 1. The molecule has 0 amide bonds. The van der Waals surface area contributed by atoms with Crippen LogP contribution in [0.4, 0.5) is 0 Å². The first kappa shape index (κ1) is 12.4. The number of aromatic hydroxyl groups is 1. The van der Waals surface area contributed by atoms with Gasteiger partial charge in [-0.15, -0.1) is 0 Å². The van der Waals surface area contributed by atoms with Gasteiger partial charge in [-0.1, -0.05) is 19.9 Å².